The van der Waals surface area contributed by atoms with Gasteiger partial charge in [0.15, 0.2) is 0 Å². The van der Waals surface area contributed by atoms with Crippen molar-refractivity contribution in [1.82, 2.24) is 19.7 Å². The van der Waals surface area contributed by atoms with E-state index in [0.717, 1.165) is 65.0 Å². The van der Waals surface area contributed by atoms with Gasteiger partial charge in [-0.2, -0.15) is 0 Å². The zero-order valence-electron chi connectivity index (χ0n) is 26.0. The van der Waals surface area contributed by atoms with Crippen molar-refractivity contribution in [2.45, 2.75) is 66.4 Å². The number of thiophene rings is 1. The zero-order valence-corrected chi connectivity index (χ0v) is 26.8. The normalized spacial score (nSPS) is 16.6. The number of aliphatic imine (C=N–C) groups is 1. The molecule has 9 heteroatoms. The first-order valence-electron chi connectivity index (χ1n) is 14.5. The second kappa shape index (κ2) is 11.7. The molecule has 2 fully saturated rings. The van der Waals surface area contributed by atoms with Crippen molar-refractivity contribution in [3.8, 4) is 16.8 Å². The summed E-state index contributed by atoms with van der Waals surface area (Å²) in [5.41, 5.74) is 5.08. The van der Waals surface area contributed by atoms with Gasteiger partial charge in [-0.05, 0) is 72.1 Å². The van der Waals surface area contributed by atoms with Gasteiger partial charge < -0.3 is 14.4 Å². The predicted molar refractivity (Wildman–Crippen MR) is 167 cm³/mol. The quantitative estimate of drug-likeness (QED) is 0.265. The van der Waals surface area contributed by atoms with E-state index >= 15 is 0 Å². The van der Waals surface area contributed by atoms with Crippen LogP contribution in [0.25, 0.3) is 5.00 Å². The summed E-state index contributed by atoms with van der Waals surface area (Å²) in [5, 5.41) is 9.89. The molecule has 0 unspecified atom stereocenters. The van der Waals surface area contributed by atoms with Crippen molar-refractivity contribution in [2.75, 3.05) is 33.9 Å². The number of hydrogen-bond acceptors (Lipinski definition) is 7. The monoisotopic (exact) mass is 587 g/mol. The highest BCUT2D eigenvalue weighted by molar-refractivity contribution is 7.15. The van der Waals surface area contributed by atoms with Crippen molar-refractivity contribution in [3.63, 3.8) is 0 Å². The first-order valence-corrected chi connectivity index (χ1v) is 15.3. The molecule has 222 valence electrons. The van der Waals surface area contributed by atoms with Crippen LogP contribution >= 0.6 is 11.3 Å². The van der Waals surface area contributed by atoms with E-state index in [1.165, 1.54) is 10.4 Å². The Bertz CT molecular complexity index is 1550. The van der Waals surface area contributed by atoms with Crippen molar-refractivity contribution >= 4 is 23.1 Å². The molecule has 1 aliphatic carbocycles. The molecule has 3 aromatic rings. The fourth-order valence-corrected chi connectivity index (χ4v) is 7.14. The predicted octanol–water partition coefficient (Wildman–Crippen LogP) is 5.91. The molecule has 1 amide bonds. The minimum Gasteiger partial charge on any atom is -0.444 e. The summed E-state index contributed by atoms with van der Waals surface area (Å²) in [4.78, 5) is 20.1. The fourth-order valence-electron chi connectivity index (χ4n) is 5.92. The zero-order chi connectivity index (χ0) is 30.2. The minimum absolute atomic E-state index is 0.207. The molecular formula is C33H41N5O3S. The molecule has 3 heterocycles. The van der Waals surface area contributed by atoms with E-state index in [1.807, 2.05) is 39.6 Å². The maximum Gasteiger partial charge on any atom is 0.410 e. The van der Waals surface area contributed by atoms with E-state index in [4.69, 9.17) is 14.5 Å². The van der Waals surface area contributed by atoms with Gasteiger partial charge in [-0.15, -0.1) is 21.5 Å². The Labute approximate surface area is 253 Å². The van der Waals surface area contributed by atoms with Crippen LogP contribution in [-0.4, -0.2) is 70.9 Å². The molecule has 1 saturated heterocycles. The second-order valence-corrected chi connectivity index (χ2v) is 13.8. The van der Waals surface area contributed by atoms with Crippen LogP contribution in [0.5, 0.6) is 0 Å². The lowest BCUT2D eigenvalue weighted by Crippen LogP contribution is -2.64. The van der Waals surface area contributed by atoms with Gasteiger partial charge >= 0.3 is 6.09 Å². The third kappa shape index (κ3) is 6.02. The van der Waals surface area contributed by atoms with E-state index in [0.29, 0.717) is 18.9 Å². The van der Waals surface area contributed by atoms with Crippen LogP contribution in [0.4, 0.5) is 4.79 Å². The van der Waals surface area contributed by atoms with Gasteiger partial charge in [0.05, 0.1) is 12.3 Å². The molecule has 0 radical (unpaired) electrons. The molecule has 2 aliphatic rings. The highest BCUT2D eigenvalue weighted by Crippen LogP contribution is 2.51. The molecule has 5 rings (SSSR count). The second-order valence-electron chi connectivity index (χ2n) is 12.6. The maximum atomic E-state index is 12.3. The van der Waals surface area contributed by atoms with Crippen LogP contribution in [-0.2, 0) is 15.9 Å². The van der Waals surface area contributed by atoms with Gasteiger partial charge in [0.25, 0.3) is 0 Å². The number of carbonyl (C=O) groups is 1. The average Bonchev–Trinajstić information content (AvgIpc) is 3.39. The van der Waals surface area contributed by atoms with Gasteiger partial charge in [-0.3, -0.25) is 9.56 Å². The Morgan fingerprint density at radius 1 is 1.14 bits per heavy atom. The number of rotatable bonds is 6. The molecule has 1 spiro atoms. The van der Waals surface area contributed by atoms with Crippen LogP contribution in [0.15, 0.2) is 29.3 Å². The SMILES string of the molecule is CN=C(c1ccc(C#CC2CC3(C2)CN(C(=O)OC(C)(C)C)C3)cc1)c1c(-n2c(C)nnc2CCOC)sc(C)c1C. The number of aromatic nitrogens is 3. The number of ether oxygens (including phenoxy) is 2. The lowest BCUT2D eigenvalue weighted by atomic mass is 9.58. The summed E-state index contributed by atoms with van der Waals surface area (Å²) in [5.74, 6) is 8.95. The maximum absolute atomic E-state index is 12.3. The molecule has 1 aromatic carbocycles. The van der Waals surface area contributed by atoms with E-state index in [1.54, 1.807) is 18.4 Å². The number of aryl methyl sites for hydroxylation is 2. The van der Waals surface area contributed by atoms with Crippen molar-refractivity contribution in [1.29, 1.82) is 0 Å². The van der Waals surface area contributed by atoms with E-state index < -0.39 is 5.60 Å². The van der Waals surface area contributed by atoms with Crippen LogP contribution < -0.4 is 0 Å². The van der Waals surface area contributed by atoms with Crippen LogP contribution in [0.3, 0.4) is 0 Å². The number of benzene rings is 1. The van der Waals surface area contributed by atoms with E-state index in [-0.39, 0.29) is 11.5 Å². The van der Waals surface area contributed by atoms with Crippen LogP contribution in [0.1, 0.15) is 72.4 Å². The number of hydrogen-bond donors (Lipinski definition) is 0. The van der Waals surface area contributed by atoms with Gasteiger partial charge in [0.2, 0.25) is 0 Å². The summed E-state index contributed by atoms with van der Waals surface area (Å²) in [7, 11) is 3.55. The lowest BCUT2D eigenvalue weighted by Gasteiger charge is -2.57. The van der Waals surface area contributed by atoms with E-state index in [2.05, 4.69) is 64.7 Å². The minimum atomic E-state index is -0.458. The smallest absolute Gasteiger partial charge is 0.410 e. The Morgan fingerprint density at radius 3 is 2.45 bits per heavy atom. The lowest BCUT2D eigenvalue weighted by molar-refractivity contribution is -0.0832. The molecule has 2 aromatic heterocycles. The number of nitrogens with zero attached hydrogens (tertiary/aromatic N) is 5. The Morgan fingerprint density at radius 2 is 1.83 bits per heavy atom. The standard InChI is InChI=1S/C33H41N5O3S/c1-21-22(2)42-30(38-23(3)35-36-27(38)15-16-40-8)28(21)29(34-7)26-13-11-24(12-14-26)9-10-25-17-33(18-25)19-37(20-33)31(39)41-32(4,5)6/h11-14,25H,15-20H2,1-8H3. The molecule has 8 nitrogen and oxygen atoms in total. The Kier molecular flexibility index (Phi) is 8.32. The first-order chi connectivity index (χ1) is 19.9. The van der Waals surface area contributed by atoms with Crippen LogP contribution in [0, 0.1) is 43.9 Å². The fraction of sp³-hybridized carbons (Fsp3) is 0.515. The molecule has 0 atom stereocenters. The highest BCUT2D eigenvalue weighted by atomic mass is 32.1. The van der Waals surface area contributed by atoms with Crippen molar-refractivity contribution < 1.29 is 14.3 Å². The summed E-state index contributed by atoms with van der Waals surface area (Å²) >= 11 is 1.74. The Balaban J connectivity index is 1.27. The molecule has 0 N–H and O–H groups in total. The van der Waals surface area contributed by atoms with E-state index in [9.17, 15) is 4.79 Å². The average molecular weight is 588 g/mol. The third-order valence-electron chi connectivity index (χ3n) is 8.09. The van der Waals surface area contributed by atoms with Crippen molar-refractivity contribution in [3.05, 3.63) is 63.0 Å². The largest absolute Gasteiger partial charge is 0.444 e. The number of carbonyl (C=O) groups excluding carboxylic acids is 1. The topological polar surface area (TPSA) is 81.8 Å². The molecule has 0 bridgehead atoms. The van der Waals surface area contributed by atoms with Gasteiger partial charge in [0.1, 0.15) is 22.3 Å². The van der Waals surface area contributed by atoms with Crippen LogP contribution in [0.2, 0.25) is 0 Å². The summed E-state index contributed by atoms with van der Waals surface area (Å²) in [6, 6.07) is 8.39. The van der Waals surface area contributed by atoms with Gasteiger partial charge in [-0.1, -0.05) is 24.0 Å². The number of amides is 1. The Hall–Kier alpha value is -3.48. The summed E-state index contributed by atoms with van der Waals surface area (Å²) in [6.07, 6.45) is 2.56. The first kappa shape index (κ1) is 30.0. The summed E-state index contributed by atoms with van der Waals surface area (Å²) in [6.45, 7) is 14.1. The van der Waals surface area contributed by atoms with Gasteiger partial charge in [-0.25, -0.2) is 4.79 Å². The highest BCUT2D eigenvalue weighted by Gasteiger charge is 2.54. The molecule has 1 saturated carbocycles. The van der Waals surface area contributed by atoms with Crippen molar-refractivity contribution in [2.24, 2.45) is 16.3 Å². The molecular weight excluding hydrogens is 546 g/mol. The number of methoxy groups -OCH3 is 1. The molecule has 42 heavy (non-hydrogen) atoms. The third-order valence-corrected chi connectivity index (χ3v) is 9.29. The summed E-state index contributed by atoms with van der Waals surface area (Å²) < 4.78 is 13.0. The number of likely N-dealkylation sites (tertiary alicyclic amines) is 1. The molecule has 1 aliphatic heterocycles. The van der Waals surface area contributed by atoms with Gasteiger partial charge in [0, 0.05) is 66.6 Å².